The van der Waals surface area contributed by atoms with Crippen LogP contribution in [-0.4, -0.2) is 92.3 Å². The molecule has 0 aromatic rings. The Morgan fingerprint density at radius 1 is 0.460 bits per heavy atom. The highest BCUT2D eigenvalue weighted by Gasteiger charge is 2.28. The van der Waals surface area contributed by atoms with Crippen LogP contribution in [0.2, 0.25) is 0 Å². The summed E-state index contributed by atoms with van der Waals surface area (Å²) in [6.07, 6.45) is 4.91. The van der Waals surface area contributed by atoms with E-state index in [0.29, 0.717) is 40.3 Å². The van der Waals surface area contributed by atoms with Crippen LogP contribution in [0.3, 0.4) is 0 Å². The zero-order chi connectivity index (χ0) is 51.7. The van der Waals surface area contributed by atoms with E-state index in [1.807, 2.05) is 20.8 Å². The minimum absolute atomic E-state index is 0.0637. The normalized spacial score (nSPS) is 12.6. The molecule has 0 aliphatic carbocycles. The summed E-state index contributed by atoms with van der Waals surface area (Å²) in [5, 5.41) is 0. The minimum Gasteiger partial charge on any atom is -0.385 e. The summed E-state index contributed by atoms with van der Waals surface area (Å²) in [5.41, 5.74) is 1.77. The molecule has 1 atom stereocenters. The molecule has 0 saturated heterocycles. The summed E-state index contributed by atoms with van der Waals surface area (Å²) < 4.78 is 68.2. The molecule has 0 aromatic carbocycles. The van der Waals surface area contributed by atoms with E-state index in [1.54, 1.807) is 28.4 Å². The lowest BCUT2D eigenvalue weighted by Gasteiger charge is -2.24. The zero-order valence-electron chi connectivity index (χ0n) is 47.8. The maximum atomic E-state index is 11.3. The predicted octanol–water partition coefficient (Wildman–Crippen LogP) is 16.9. The molecule has 392 valence electrons. The number of hydrogen-bond acceptors (Lipinski definition) is 7. The van der Waals surface area contributed by atoms with Crippen molar-refractivity contribution in [2.24, 2.45) is 39.4 Å². The Bertz CT molecular complexity index is 834. The fraction of sp³-hybridized carbons (Fsp3) is 1.00. The van der Waals surface area contributed by atoms with Crippen molar-refractivity contribution in [1.82, 2.24) is 0 Å². The monoisotopic (exact) mass is 923 g/mol. The van der Waals surface area contributed by atoms with Gasteiger partial charge in [-0.15, -0.1) is 13.2 Å². The van der Waals surface area contributed by atoms with Crippen LogP contribution in [0.1, 0.15) is 218 Å². The van der Waals surface area contributed by atoms with Crippen molar-refractivity contribution in [2.75, 3.05) is 68.1 Å². The molecular weight excluding hydrogens is 806 g/mol. The molecule has 63 heavy (non-hydrogen) atoms. The van der Waals surface area contributed by atoms with E-state index >= 15 is 0 Å². The van der Waals surface area contributed by atoms with Crippen molar-refractivity contribution in [3.05, 3.63) is 0 Å². The summed E-state index contributed by atoms with van der Waals surface area (Å²) in [5.74, 6) is 1.75. The fourth-order valence-electron chi connectivity index (χ4n) is 4.65. The maximum Gasteiger partial charge on any atom is 0.522 e. The molecule has 7 nitrogen and oxygen atoms in total. The van der Waals surface area contributed by atoms with Crippen molar-refractivity contribution in [3.63, 3.8) is 0 Å². The van der Waals surface area contributed by atoms with Gasteiger partial charge in [-0.1, -0.05) is 125 Å². The summed E-state index contributed by atoms with van der Waals surface area (Å²) in [4.78, 5) is 0. The van der Waals surface area contributed by atoms with E-state index in [9.17, 15) is 13.2 Å². The third kappa shape index (κ3) is 110. The number of ether oxygens (including phenoxy) is 7. The molecule has 0 aliphatic rings. The largest absolute Gasteiger partial charge is 0.522 e. The van der Waals surface area contributed by atoms with Gasteiger partial charge in [-0.05, 0) is 132 Å². The van der Waals surface area contributed by atoms with E-state index in [1.165, 1.54) is 19.3 Å². The third-order valence-corrected chi connectivity index (χ3v) is 8.39. The molecule has 0 rings (SSSR count). The van der Waals surface area contributed by atoms with Gasteiger partial charge in [0.05, 0.1) is 24.4 Å². The number of rotatable bonds is 20. The molecule has 0 aliphatic heterocycles. The zero-order valence-corrected chi connectivity index (χ0v) is 47.8. The van der Waals surface area contributed by atoms with Gasteiger partial charge in [-0.25, -0.2) is 0 Å². The van der Waals surface area contributed by atoms with Crippen molar-refractivity contribution in [2.45, 2.75) is 242 Å². The number of methoxy groups -OCH3 is 4. The molecule has 0 spiro atoms. The van der Waals surface area contributed by atoms with Crippen molar-refractivity contribution >= 4 is 0 Å². The molecule has 10 heteroatoms. The SMILES string of the molecule is CC(C)CCOC(F)(F)F.CC(C)OCCC(C)(C)C.CCOCCC(C)(C)C.COC(C)(C)CC(C)C.COC(C)CC(C)(C)C.COCCC(C)C.COCCCC(C)(C)C. The Kier molecular flexibility index (Phi) is 53.7. The lowest BCUT2D eigenvalue weighted by atomic mass is 9.90. The molecule has 0 aromatic heterocycles. The van der Waals surface area contributed by atoms with Gasteiger partial charge < -0.3 is 28.4 Å². The van der Waals surface area contributed by atoms with Gasteiger partial charge in [-0.2, -0.15) is 0 Å². The lowest BCUT2D eigenvalue weighted by molar-refractivity contribution is -0.325. The van der Waals surface area contributed by atoms with Crippen molar-refractivity contribution in [3.8, 4) is 0 Å². The van der Waals surface area contributed by atoms with Gasteiger partial charge in [0, 0.05) is 61.5 Å². The molecule has 0 N–H and O–H groups in total. The number of alkyl halides is 3. The van der Waals surface area contributed by atoms with Crippen molar-refractivity contribution < 1.29 is 46.3 Å². The lowest BCUT2D eigenvalue weighted by Crippen LogP contribution is -2.24. The standard InChI is InChI=1S/C9H20O.4C8H18O.C6H11F3O.C6H14O/c1-8(2)10-7-6-9(3,4)5;1-7(9-5)6-8(2,3)4;1-7(2)6-8(3,4)9-5;1-8(2,3)6-5-7-9-4;1-5-9-7-6-8(2,3)4;1-5(2)3-4-10-6(7,8)9;1-6(2)4-5-7-3/h8H,6-7H2,1-5H3;2*7H,6H2,1-5H3;2*5-7H2,1-4H3;5H,3-4H2,1-2H3;6H,4-5H2,1-3H3. The first-order chi connectivity index (χ1) is 28.2. The van der Waals surface area contributed by atoms with E-state index in [4.69, 9.17) is 28.4 Å². The first-order valence-corrected chi connectivity index (χ1v) is 24.1. The summed E-state index contributed by atoms with van der Waals surface area (Å²) >= 11 is 0. The second-order valence-corrected chi connectivity index (χ2v) is 23.4. The van der Waals surface area contributed by atoms with Gasteiger partial charge in [0.15, 0.2) is 0 Å². The summed E-state index contributed by atoms with van der Waals surface area (Å²) in [6.45, 7) is 56.0. The number of hydrogen-bond donors (Lipinski definition) is 0. The highest BCUT2D eigenvalue weighted by molar-refractivity contribution is 4.69. The van der Waals surface area contributed by atoms with Crippen LogP contribution in [0, 0.1) is 39.4 Å². The van der Waals surface area contributed by atoms with Gasteiger partial charge in [0.25, 0.3) is 0 Å². The highest BCUT2D eigenvalue weighted by Crippen LogP contribution is 2.22. The molecule has 0 heterocycles. The first-order valence-electron chi connectivity index (χ1n) is 24.1. The quantitative estimate of drug-likeness (QED) is 0.113. The van der Waals surface area contributed by atoms with E-state index in [-0.39, 0.29) is 18.1 Å². The number of halogens is 3. The van der Waals surface area contributed by atoms with Gasteiger partial charge in [0.1, 0.15) is 0 Å². The molecule has 0 fully saturated rings. The van der Waals surface area contributed by atoms with Gasteiger partial charge >= 0.3 is 6.36 Å². The van der Waals surface area contributed by atoms with Crippen LogP contribution in [-0.2, 0) is 33.2 Å². The summed E-state index contributed by atoms with van der Waals surface area (Å²) in [6, 6.07) is 0. The Morgan fingerprint density at radius 2 is 0.873 bits per heavy atom. The summed E-state index contributed by atoms with van der Waals surface area (Å²) in [7, 11) is 7.02. The second kappa shape index (κ2) is 44.0. The minimum atomic E-state index is -4.46. The highest BCUT2D eigenvalue weighted by atomic mass is 19.4. The Hall–Kier alpha value is -0.490. The van der Waals surface area contributed by atoms with Crippen LogP contribution in [0.15, 0.2) is 0 Å². The molecule has 0 radical (unpaired) electrons. The molecule has 0 amide bonds. The van der Waals surface area contributed by atoms with E-state index in [2.05, 4.69) is 150 Å². The van der Waals surface area contributed by atoms with Crippen LogP contribution < -0.4 is 0 Å². The Balaban J connectivity index is -0.000000116. The Morgan fingerprint density at radius 3 is 1.11 bits per heavy atom. The molecule has 1 unspecified atom stereocenters. The second-order valence-electron chi connectivity index (χ2n) is 23.4. The molecule has 0 saturated carbocycles. The average Bonchev–Trinajstić information content (AvgIpc) is 3.05. The van der Waals surface area contributed by atoms with Crippen LogP contribution in [0.5, 0.6) is 0 Å². The topological polar surface area (TPSA) is 64.6 Å². The molecule has 0 bridgehead atoms. The van der Waals surface area contributed by atoms with Gasteiger partial charge in [0.2, 0.25) is 0 Å². The van der Waals surface area contributed by atoms with Crippen LogP contribution in [0.4, 0.5) is 13.2 Å². The van der Waals surface area contributed by atoms with Crippen LogP contribution >= 0.6 is 0 Å². The predicted molar refractivity (Wildman–Crippen MR) is 270 cm³/mol. The molecular formula is C53H117F3O7. The Labute approximate surface area is 394 Å². The van der Waals surface area contributed by atoms with E-state index < -0.39 is 6.36 Å². The first kappa shape index (κ1) is 76.8. The van der Waals surface area contributed by atoms with Crippen LogP contribution in [0.25, 0.3) is 0 Å². The smallest absolute Gasteiger partial charge is 0.385 e. The fourth-order valence-corrected chi connectivity index (χ4v) is 4.65. The average molecular weight is 924 g/mol. The maximum absolute atomic E-state index is 11.3. The van der Waals surface area contributed by atoms with E-state index in [0.717, 1.165) is 70.6 Å². The van der Waals surface area contributed by atoms with Gasteiger partial charge in [-0.3, -0.25) is 4.74 Å². The third-order valence-electron chi connectivity index (χ3n) is 8.39. The van der Waals surface area contributed by atoms with Crippen molar-refractivity contribution in [1.29, 1.82) is 0 Å².